The molecule has 34 heavy (non-hydrogen) atoms. The number of carboxylic acid groups (broad SMARTS) is 1. The highest BCUT2D eigenvalue weighted by Crippen LogP contribution is 2.21. The fraction of sp³-hybridized carbons (Fsp3) is 0.269. The van der Waals surface area contributed by atoms with Crippen LogP contribution in [0, 0.1) is 5.92 Å². The normalized spacial score (nSPS) is 12.4. The van der Waals surface area contributed by atoms with E-state index in [1.165, 1.54) is 0 Å². The van der Waals surface area contributed by atoms with E-state index < -0.39 is 23.8 Å². The molecule has 2 N–H and O–H groups in total. The number of carboxylic acids is 1. The number of amides is 1. The summed E-state index contributed by atoms with van der Waals surface area (Å²) < 4.78 is 5.11. The van der Waals surface area contributed by atoms with Gasteiger partial charge in [0, 0.05) is 12.1 Å². The van der Waals surface area contributed by atoms with Crippen LogP contribution in [0.15, 0.2) is 67.0 Å². The number of benzene rings is 2. The number of nitrogens with one attached hydrogen (secondary N) is 1. The molecule has 0 saturated carbocycles. The van der Waals surface area contributed by atoms with Crippen molar-refractivity contribution in [1.29, 1.82) is 0 Å². The fourth-order valence-corrected chi connectivity index (χ4v) is 3.61. The van der Waals surface area contributed by atoms with Crippen molar-refractivity contribution in [3.8, 4) is 11.1 Å². The maximum atomic E-state index is 12.8. The Kier molecular flexibility index (Phi) is 8.45. The van der Waals surface area contributed by atoms with E-state index in [9.17, 15) is 14.4 Å². The summed E-state index contributed by atoms with van der Waals surface area (Å²) in [5, 5.41) is 12.0. The van der Waals surface area contributed by atoms with Gasteiger partial charge in [-0.15, -0.1) is 0 Å². The zero-order valence-electron chi connectivity index (χ0n) is 19.1. The number of esters is 1. The van der Waals surface area contributed by atoms with E-state index in [2.05, 4.69) is 15.3 Å². The topological polar surface area (TPSA) is 118 Å². The largest absolute Gasteiger partial charge is 0.477 e. The van der Waals surface area contributed by atoms with Crippen molar-refractivity contribution in [2.45, 2.75) is 32.7 Å². The molecule has 2 atom stereocenters. The summed E-state index contributed by atoms with van der Waals surface area (Å²) in [6.45, 7) is 3.77. The summed E-state index contributed by atoms with van der Waals surface area (Å²) >= 11 is 0. The lowest BCUT2D eigenvalue weighted by Gasteiger charge is -2.22. The third-order valence-electron chi connectivity index (χ3n) is 5.32. The summed E-state index contributed by atoms with van der Waals surface area (Å²) in [6, 6.07) is 18.7. The standard InChI is InChI=1S/C26H27N3O5/c1-3-34-26(33)17(2)13-21(29-24(30)22-15-23(25(31)32)28-16-27-22)14-18-9-11-20(12-10-18)19-7-5-4-6-8-19/h4-12,15-17,21H,3,13-14H2,1-2H3,(H,29,30)(H,31,32). The second kappa shape index (κ2) is 11.7. The predicted molar refractivity (Wildman–Crippen MR) is 126 cm³/mol. The van der Waals surface area contributed by atoms with Crippen molar-refractivity contribution < 1.29 is 24.2 Å². The Labute approximate surface area is 198 Å². The molecule has 1 aromatic heterocycles. The maximum absolute atomic E-state index is 12.8. The molecule has 0 aliphatic rings. The minimum atomic E-state index is -1.25. The summed E-state index contributed by atoms with van der Waals surface area (Å²) in [4.78, 5) is 43.7. The van der Waals surface area contributed by atoms with Crippen LogP contribution in [0.2, 0.25) is 0 Å². The number of aromatic nitrogens is 2. The van der Waals surface area contributed by atoms with Gasteiger partial charge < -0.3 is 15.2 Å². The fourth-order valence-electron chi connectivity index (χ4n) is 3.61. The molecule has 0 aliphatic carbocycles. The van der Waals surface area contributed by atoms with E-state index in [1.54, 1.807) is 13.8 Å². The zero-order chi connectivity index (χ0) is 24.5. The van der Waals surface area contributed by atoms with Gasteiger partial charge in [0.15, 0.2) is 5.69 Å². The average Bonchev–Trinajstić information content (AvgIpc) is 2.85. The second-order valence-electron chi connectivity index (χ2n) is 7.92. The van der Waals surface area contributed by atoms with Crippen LogP contribution in [-0.4, -0.2) is 45.6 Å². The van der Waals surface area contributed by atoms with Crippen LogP contribution < -0.4 is 5.32 Å². The molecule has 8 heteroatoms. The van der Waals surface area contributed by atoms with Gasteiger partial charge in [0.1, 0.15) is 12.0 Å². The molecule has 1 heterocycles. The SMILES string of the molecule is CCOC(=O)C(C)CC(Cc1ccc(-c2ccccc2)cc1)NC(=O)c1cc(C(=O)O)ncn1. The Hall–Kier alpha value is -4.07. The maximum Gasteiger partial charge on any atom is 0.354 e. The van der Waals surface area contributed by atoms with Gasteiger partial charge in [-0.05, 0) is 36.5 Å². The van der Waals surface area contributed by atoms with Gasteiger partial charge >= 0.3 is 11.9 Å². The van der Waals surface area contributed by atoms with Crippen molar-refractivity contribution in [3.05, 3.63) is 83.9 Å². The summed E-state index contributed by atoms with van der Waals surface area (Å²) in [7, 11) is 0. The third kappa shape index (κ3) is 6.71. The molecule has 0 radical (unpaired) electrons. The molecule has 3 rings (SSSR count). The highest BCUT2D eigenvalue weighted by Gasteiger charge is 2.23. The molecular weight excluding hydrogens is 434 g/mol. The third-order valence-corrected chi connectivity index (χ3v) is 5.32. The lowest BCUT2D eigenvalue weighted by molar-refractivity contribution is -0.147. The van der Waals surface area contributed by atoms with Gasteiger partial charge in [-0.2, -0.15) is 0 Å². The van der Waals surface area contributed by atoms with Gasteiger partial charge in [-0.3, -0.25) is 9.59 Å². The predicted octanol–water partition coefficient (Wildman–Crippen LogP) is 3.77. The molecule has 1 amide bonds. The van der Waals surface area contributed by atoms with E-state index >= 15 is 0 Å². The Bertz CT molecular complexity index is 1130. The zero-order valence-corrected chi connectivity index (χ0v) is 19.1. The minimum Gasteiger partial charge on any atom is -0.477 e. The first kappa shape index (κ1) is 24.6. The number of aromatic carboxylic acids is 1. The highest BCUT2D eigenvalue weighted by atomic mass is 16.5. The van der Waals surface area contributed by atoms with Crippen molar-refractivity contribution >= 4 is 17.8 Å². The number of nitrogens with zero attached hydrogens (tertiary/aromatic N) is 2. The molecule has 176 valence electrons. The van der Waals surface area contributed by atoms with Crippen molar-refractivity contribution in [2.75, 3.05) is 6.61 Å². The first-order valence-corrected chi connectivity index (χ1v) is 11.0. The molecule has 0 saturated heterocycles. The molecule has 2 aromatic carbocycles. The van der Waals surface area contributed by atoms with Crippen LogP contribution in [0.4, 0.5) is 0 Å². The second-order valence-corrected chi connectivity index (χ2v) is 7.92. The molecular formula is C26H27N3O5. The van der Waals surface area contributed by atoms with Crippen LogP contribution in [0.1, 0.15) is 46.8 Å². The summed E-state index contributed by atoms with van der Waals surface area (Å²) in [6.07, 6.45) is 1.86. The Morgan fingerprint density at radius 2 is 1.62 bits per heavy atom. The smallest absolute Gasteiger partial charge is 0.354 e. The summed E-state index contributed by atoms with van der Waals surface area (Å²) in [5.41, 5.74) is 2.84. The monoisotopic (exact) mass is 461 g/mol. The van der Waals surface area contributed by atoms with Crippen LogP contribution >= 0.6 is 0 Å². The molecule has 0 fully saturated rings. The number of carbonyl (C=O) groups is 3. The van der Waals surface area contributed by atoms with Gasteiger partial charge in [0.05, 0.1) is 12.5 Å². The van der Waals surface area contributed by atoms with Gasteiger partial charge in [0.2, 0.25) is 0 Å². The Balaban J connectivity index is 1.77. The molecule has 0 spiro atoms. The van der Waals surface area contributed by atoms with Crippen molar-refractivity contribution in [3.63, 3.8) is 0 Å². The van der Waals surface area contributed by atoms with Gasteiger partial charge in [-0.25, -0.2) is 14.8 Å². The van der Waals surface area contributed by atoms with Crippen molar-refractivity contribution in [1.82, 2.24) is 15.3 Å². The molecule has 3 aromatic rings. The van der Waals surface area contributed by atoms with Gasteiger partial charge in [-0.1, -0.05) is 61.5 Å². The van der Waals surface area contributed by atoms with Crippen LogP contribution in [-0.2, 0) is 16.0 Å². The molecule has 0 aliphatic heterocycles. The lowest BCUT2D eigenvalue weighted by Crippen LogP contribution is -2.39. The highest BCUT2D eigenvalue weighted by molar-refractivity contribution is 5.95. The van der Waals surface area contributed by atoms with Crippen LogP contribution in [0.3, 0.4) is 0 Å². The Morgan fingerprint density at radius 3 is 2.26 bits per heavy atom. The molecule has 2 unspecified atom stereocenters. The van der Waals surface area contributed by atoms with Gasteiger partial charge in [0.25, 0.3) is 5.91 Å². The molecule has 0 bridgehead atoms. The van der Waals surface area contributed by atoms with E-state index in [0.29, 0.717) is 12.8 Å². The van der Waals surface area contributed by atoms with E-state index in [-0.39, 0.29) is 24.0 Å². The number of ether oxygens (including phenoxy) is 1. The number of hydrogen-bond acceptors (Lipinski definition) is 6. The number of hydrogen-bond donors (Lipinski definition) is 2. The number of rotatable bonds is 10. The van der Waals surface area contributed by atoms with E-state index in [1.807, 2.05) is 54.6 Å². The number of carbonyl (C=O) groups excluding carboxylic acids is 2. The van der Waals surface area contributed by atoms with E-state index in [4.69, 9.17) is 9.84 Å². The van der Waals surface area contributed by atoms with Crippen LogP contribution in [0.25, 0.3) is 11.1 Å². The summed E-state index contributed by atoms with van der Waals surface area (Å²) in [5.74, 6) is -2.56. The first-order valence-electron chi connectivity index (χ1n) is 11.0. The van der Waals surface area contributed by atoms with Crippen molar-refractivity contribution in [2.24, 2.45) is 5.92 Å². The Morgan fingerprint density at radius 1 is 0.971 bits per heavy atom. The quantitative estimate of drug-likeness (QED) is 0.441. The van der Waals surface area contributed by atoms with Crippen LogP contribution in [0.5, 0.6) is 0 Å². The molecule has 8 nitrogen and oxygen atoms in total. The average molecular weight is 462 g/mol. The first-order chi connectivity index (χ1) is 16.4. The minimum absolute atomic E-state index is 0.0550. The lowest BCUT2D eigenvalue weighted by atomic mass is 9.94. The van der Waals surface area contributed by atoms with E-state index in [0.717, 1.165) is 29.1 Å².